The fraction of sp³-hybridized carbons (Fsp3) is 0.471. The lowest BCUT2D eigenvalue weighted by atomic mass is 9.89. The summed E-state index contributed by atoms with van der Waals surface area (Å²) in [6, 6.07) is 7.53. The van der Waals surface area contributed by atoms with Crippen LogP contribution in [-0.2, 0) is 4.79 Å². The second kappa shape index (κ2) is 8.67. The van der Waals surface area contributed by atoms with Crippen molar-refractivity contribution in [2.75, 3.05) is 11.1 Å². The fourth-order valence-corrected chi connectivity index (χ4v) is 3.75. The third-order valence-corrected chi connectivity index (χ3v) is 5.41. The standard InChI is InChI=1S/C17H20BrN3O2S/c18-13-6-8-14(9-7-13)19-15(22)10-11-24-17-21-20-16(23-17)12-4-2-1-3-5-12/h6-9,12H,1-5,10-11H2,(H,19,22). The molecule has 24 heavy (non-hydrogen) atoms. The van der Waals surface area contributed by atoms with Crippen LogP contribution < -0.4 is 5.32 Å². The van der Waals surface area contributed by atoms with Gasteiger partial charge in [0, 0.05) is 28.3 Å². The Morgan fingerprint density at radius 2 is 1.96 bits per heavy atom. The van der Waals surface area contributed by atoms with Crippen LogP contribution in [0.4, 0.5) is 5.69 Å². The maximum atomic E-state index is 11.9. The van der Waals surface area contributed by atoms with E-state index in [0.717, 1.165) is 28.9 Å². The van der Waals surface area contributed by atoms with E-state index < -0.39 is 0 Å². The van der Waals surface area contributed by atoms with Crippen molar-refractivity contribution in [3.63, 3.8) is 0 Å². The molecule has 0 atom stereocenters. The van der Waals surface area contributed by atoms with Crippen LogP contribution in [0, 0.1) is 0 Å². The van der Waals surface area contributed by atoms with Gasteiger partial charge in [0.05, 0.1) is 0 Å². The second-order valence-corrected chi connectivity index (χ2v) is 7.86. The molecule has 1 saturated carbocycles. The molecule has 1 amide bonds. The Labute approximate surface area is 154 Å². The first-order chi connectivity index (χ1) is 11.7. The number of nitrogens with zero attached hydrogens (tertiary/aromatic N) is 2. The molecule has 1 aliphatic carbocycles. The highest BCUT2D eigenvalue weighted by Crippen LogP contribution is 2.32. The summed E-state index contributed by atoms with van der Waals surface area (Å²) in [5.41, 5.74) is 0.797. The summed E-state index contributed by atoms with van der Waals surface area (Å²) in [5, 5.41) is 11.7. The van der Waals surface area contributed by atoms with Crippen molar-refractivity contribution < 1.29 is 9.21 Å². The minimum atomic E-state index is -0.0168. The van der Waals surface area contributed by atoms with Crippen LogP contribution in [0.3, 0.4) is 0 Å². The third kappa shape index (κ3) is 5.08. The number of anilines is 1. The number of amides is 1. The van der Waals surface area contributed by atoms with Crippen LogP contribution in [0.2, 0.25) is 0 Å². The summed E-state index contributed by atoms with van der Waals surface area (Å²) < 4.78 is 6.73. The summed E-state index contributed by atoms with van der Waals surface area (Å²) in [6.45, 7) is 0. The normalized spacial score (nSPS) is 15.4. The van der Waals surface area contributed by atoms with E-state index in [-0.39, 0.29) is 5.91 Å². The number of hydrogen-bond acceptors (Lipinski definition) is 5. The molecule has 1 aromatic carbocycles. The number of aromatic nitrogens is 2. The zero-order chi connectivity index (χ0) is 16.8. The monoisotopic (exact) mass is 409 g/mol. The quantitative estimate of drug-likeness (QED) is 0.679. The van der Waals surface area contributed by atoms with Gasteiger partial charge in [0.25, 0.3) is 5.22 Å². The number of carbonyl (C=O) groups is 1. The van der Waals surface area contributed by atoms with Gasteiger partial charge in [-0.05, 0) is 37.1 Å². The van der Waals surface area contributed by atoms with E-state index in [1.165, 1.54) is 31.0 Å². The van der Waals surface area contributed by atoms with Crippen LogP contribution in [0.5, 0.6) is 0 Å². The Morgan fingerprint density at radius 3 is 2.71 bits per heavy atom. The summed E-state index contributed by atoms with van der Waals surface area (Å²) in [5.74, 6) is 1.78. The highest BCUT2D eigenvalue weighted by atomic mass is 79.9. The zero-order valence-corrected chi connectivity index (χ0v) is 15.7. The van der Waals surface area contributed by atoms with Gasteiger partial charge in [-0.25, -0.2) is 0 Å². The molecule has 1 fully saturated rings. The van der Waals surface area contributed by atoms with E-state index in [1.54, 1.807) is 0 Å². The van der Waals surface area contributed by atoms with Crippen molar-refractivity contribution in [1.82, 2.24) is 10.2 Å². The second-order valence-electron chi connectivity index (χ2n) is 5.89. The van der Waals surface area contributed by atoms with Crippen LogP contribution in [-0.4, -0.2) is 21.9 Å². The van der Waals surface area contributed by atoms with Crippen molar-refractivity contribution in [2.45, 2.75) is 49.7 Å². The molecule has 0 saturated heterocycles. The molecular formula is C17H20BrN3O2S. The van der Waals surface area contributed by atoms with Crippen molar-refractivity contribution in [3.05, 3.63) is 34.6 Å². The molecule has 0 bridgehead atoms. The number of thioether (sulfide) groups is 1. The molecule has 0 unspecified atom stereocenters. The predicted molar refractivity (Wildman–Crippen MR) is 98.2 cm³/mol. The lowest BCUT2D eigenvalue weighted by Crippen LogP contribution is -2.11. The van der Waals surface area contributed by atoms with E-state index in [4.69, 9.17) is 4.42 Å². The zero-order valence-electron chi connectivity index (χ0n) is 13.3. The van der Waals surface area contributed by atoms with Gasteiger partial charge in [0.2, 0.25) is 11.8 Å². The number of carbonyl (C=O) groups excluding carboxylic acids is 1. The van der Waals surface area contributed by atoms with Gasteiger partial charge in [0.1, 0.15) is 0 Å². The summed E-state index contributed by atoms with van der Waals surface area (Å²) in [4.78, 5) is 11.9. The van der Waals surface area contributed by atoms with Crippen molar-refractivity contribution in [3.8, 4) is 0 Å². The molecule has 1 aromatic heterocycles. The van der Waals surface area contributed by atoms with E-state index in [1.807, 2.05) is 24.3 Å². The van der Waals surface area contributed by atoms with Gasteiger partial charge in [0.15, 0.2) is 0 Å². The smallest absolute Gasteiger partial charge is 0.276 e. The fourth-order valence-electron chi connectivity index (χ4n) is 2.78. The average Bonchev–Trinajstić information content (AvgIpc) is 3.07. The highest BCUT2D eigenvalue weighted by Gasteiger charge is 2.21. The Balaban J connectivity index is 1.42. The first kappa shape index (κ1) is 17.5. The first-order valence-corrected chi connectivity index (χ1v) is 10.0. The Bertz CT molecular complexity index is 669. The molecule has 0 radical (unpaired) electrons. The third-order valence-electron chi connectivity index (χ3n) is 4.06. The lowest BCUT2D eigenvalue weighted by Gasteiger charge is -2.17. The van der Waals surface area contributed by atoms with Crippen molar-refractivity contribution >= 4 is 39.3 Å². The molecule has 3 rings (SSSR count). The molecule has 128 valence electrons. The van der Waals surface area contributed by atoms with E-state index >= 15 is 0 Å². The van der Waals surface area contributed by atoms with Crippen LogP contribution in [0.1, 0.15) is 50.3 Å². The van der Waals surface area contributed by atoms with Crippen LogP contribution in [0.25, 0.3) is 0 Å². The Morgan fingerprint density at radius 1 is 1.21 bits per heavy atom. The Kier molecular flexibility index (Phi) is 6.31. The van der Waals surface area contributed by atoms with E-state index in [0.29, 0.717) is 23.3 Å². The predicted octanol–water partition coefficient (Wildman–Crippen LogP) is 5.00. The van der Waals surface area contributed by atoms with Crippen LogP contribution >= 0.6 is 27.7 Å². The van der Waals surface area contributed by atoms with Gasteiger partial charge in [-0.2, -0.15) is 0 Å². The van der Waals surface area contributed by atoms with Crippen LogP contribution in [0.15, 0.2) is 38.4 Å². The number of nitrogens with one attached hydrogen (secondary N) is 1. The average molecular weight is 410 g/mol. The molecule has 0 aliphatic heterocycles. The van der Waals surface area contributed by atoms with Gasteiger partial charge in [-0.3, -0.25) is 4.79 Å². The summed E-state index contributed by atoms with van der Waals surface area (Å²) in [7, 11) is 0. The molecule has 5 nitrogen and oxygen atoms in total. The number of rotatable bonds is 6. The number of halogens is 1. The molecule has 1 N–H and O–H groups in total. The van der Waals surface area contributed by atoms with E-state index in [9.17, 15) is 4.79 Å². The SMILES string of the molecule is O=C(CCSc1nnc(C2CCCCC2)o1)Nc1ccc(Br)cc1. The minimum Gasteiger partial charge on any atom is -0.416 e. The number of hydrogen-bond donors (Lipinski definition) is 1. The molecular weight excluding hydrogens is 390 g/mol. The van der Waals surface area contributed by atoms with Crippen molar-refractivity contribution in [2.24, 2.45) is 0 Å². The van der Waals surface area contributed by atoms with E-state index in [2.05, 4.69) is 31.4 Å². The van der Waals surface area contributed by atoms with Gasteiger partial charge in [-0.15, -0.1) is 10.2 Å². The van der Waals surface area contributed by atoms with Gasteiger partial charge in [-0.1, -0.05) is 47.0 Å². The topological polar surface area (TPSA) is 68.0 Å². The van der Waals surface area contributed by atoms with Gasteiger partial charge >= 0.3 is 0 Å². The minimum absolute atomic E-state index is 0.0168. The Hall–Kier alpha value is -1.34. The molecule has 7 heteroatoms. The molecule has 1 heterocycles. The maximum Gasteiger partial charge on any atom is 0.276 e. The largest absolute Gasteiger partial charge is 0.416 e. The molecule has 0 spiro atoms. The molecule has 1 aliphatic rings. The summed E-state index contributed by atoms with van der Waals surface area (Å²) in [6.07, 6.45) is 6.48. The molecule has 2 aromatic rings. The number of benzene rings is 1. The first-order valence-electron chi connectivity index (χ1n) is 8.22. The maximum absolute atomic E-state index is 11.9. The lowest BCUT2D eigenvalue weighted by molar-refractivity contribution is -0.115. The van der Waals surface area contributed by atoms with Crippen molar-refractivity contribution in [1.29, 1.82) is 0 Å². The van der Waals surface area contributed by atoms with Gasteiger partial charge < -0.3 is 9.73 Å². The highest BCUT2D eigenvalue weighted by molar-refractivity contribution is 9.10. The summed E-state index contributed by atoms with van der Waals surface area (Å²) >= 11 is 4.81.